The minimum absolute atomic E-state index is 0.00447. The Hall–Kier alpha value is -1.06. The van der Waals surface area contributed by atoms with Crippen molar-refractivity contribution in [3.8, 4) is 0 Å². The van der Waals surface area contributed by atoms with Crippen molar-refractivity contribution in [1.29, 1.82) is 0 Å². The van der Waals surface area contributed by atoms with Gasteiger partial charge in [0.05, 0.1) is 6.54 Å². The maximum Gasteiger partial charge on any atom is 0.242 e. The second-order valence-corrected chi connectivity index (χ2v) is 3.70. The Bertz CT molecular complexity index is 236. The molecule has 2 amide bonds. The molecule has 0 radical (unpaired) electrons. The second kappa shape index (κ2) is 3.36. The van der Waals surface area contributed by atoms with E-state index in [1.165, 1.54) is 6.42 Å². The van der Waals surface area contributed by atoms with Crippen LogP contribution in [0.15, 0.2) is 0 Å². The Morgan fingerprint density at radius 2 is 2.08 bits per heavy atom. The molecule has 13 heavy (non-hydrogen) atoms. The molecule has 0 atom stereocenters. The summed E-state index contributed by atoms with van der Waals surface area (Å²) in [5.41, 5.74) is 0. The van der Waals surface area contributed by atoms with E-state index in [2.05, 4.69) is 5.32 Å². The van der Waals surface area contributed by atoms with Crippen LogP contribution in [0.5, 0.6) is 0 Å². The van der Waals surface area contributed by atoms with Crippen LogP contribution in [-0.4, -0.2) is 35.8 Å². The molecule has 1 aliphatic carbocycles. The molecule has 72 valence electrons. The largest absolute Gasteiger partial charge is 0.347 e. The second-order valence-electron chi connectivity index (χ2n) is 3.70. The predicted octanol–water partition coefficient (Wildman–Crippen LogP) is -0.113. The number of hydrogen-bond donors (Lipinski definition) is 1. The smallest absolute Gasteiger partial charge is 0.242 e. The van der Waals surface area contributed by atoms with Gasteiger partial charge in [-0.2, -0.15) is 0 Å². The van der Waals surface area contributed by atoms with Gasteiger partial charge in [-0.3, -0.25) is 9.59 Å². The first-order valence-corrected chi connectivity index (χ1v) is 4.83. The standard InChI is InChI=1S/C9H14N2O2/c12-8-4-5-11(7-2-1-3-7)9(13)6-10-8/h7H,1-6H2,(H,10,12). The van der Waals surface area contributed by atoms with Crippen molar-refractivity contribution < 1.29 is 9.59 Å². The van der Waals surface area contributed by atoms with E-state index in [1.807, 2.05) is 4.90 Å². The van der Waals surface area contributed by atoms with E-state index in [-0.39, 0.29) is 18.4 Å². The number of amides is 2. The minimum atomic E-state index is -0.00447. The Kier molecular flexibility index (Phi) is 2.20. The van der Waals surface area contributed by atoms with E-state index < -0.39 is 0 Å². The van der Waals surface area contributed by atoms with Crippen molar-refractivity contribution in [2.75, 3.05) is 13.1 Å². The fourth-order valence-corrected chi connectivity index (χ4v) is 1.80. The first kappa shape index (κ1) is 8.53. The van der Waals surface area contributed by atoms with Crippen LogP contribution in [0.4, 0.5) is 0 Å². The van der Waals surface area contributed by atoms with Gasteiger partial charge in [0.15, 0.2) is 0 Å². The topological polar surface area (TPSA) is 49.4 Å². The summed E-state index contributed by atoms with van der Waals surface area (Å²) in [7, 11) is 0. The molecular formula is C9H14N2O2. The van der Waals surface area contributed by atoms with Crippen molar-refractivity contribution in [1.82, 2.24) is 10.2 Å². The van der Waals surface area contributed by atoms with Gasteiger partial charge in [-0.15, -0.1) is 0 Å². The van der Waals surface area contributed by atoms with E-state index in [1.54, 1.807) is 0 Å². The quantitative estimate of drug-likeness (QED) is 0.615. The number of hydrogen-bond acceptors (Lipinski definition) is 2. The van der Waals surface area contributed by atoms with E-state index in [4.69, 9.17) is 0 Å². The average Bonchev–Trinajstić information content (AvgIpc) is 2.16. The lowest BCUT2D eigenvalue weighted by Crippen LogP contribution is -2.45. The minimum Gasteiger partial charge on any atom is -0.347 e. The summed E-state index contributed by atoms with van der Waals surface area (Å²) < 4.78 is 0. The normalized spacial score (nSPS) is 25.1. The molecule has 2 rings (SSSR count). The molecule has 0 spiro atoms. The Morgan fingerprint density at radius 3 is 2.69 bits per heavy atom. The highest BCUT2D eigenvalue weighted by atomic mass is 16.2. The summed E-state index contributed by atoms with van der Waals surface area (Å²) in [6, 6.07) is 0.417. The molecule has 1 saturated carbocycles. The zero-order valence-electron chi connectivity index (χ0n) is 7.58. The maximum atomic E-state index is 11.5. The summed E-state index contributed by atoms with van der Waals surface area (Å²) in [5, 5.41) is 2.60. The highest BCUT2D eigenvalue weighted by Gasteiger charge is 2.30. The third-order valence-corrected chi connectivity index (χ3v) is 2.85. The zero-order valence-corrected chi connectivity index (χ0v) is 7.58. The van der Waals surface area contributed by atoms with Crippen LogP contribution >= 0.6 is 0 Å². The van der Waals surface area contributed by atoms with E-state index in [0.717, 1.165) is 12.8 Å². The molecule has 2 aliphatic rings. The highest BCUT2D eigenvalue weighted by molar-refractivity contribution is 5.87. The van der Waals surface area contributed by atoms with Crippen LogP contribution in [0, 0.1) is 0 Å². The summed E-state index contributed by atoms with van der Waals surface area (Å²) >= 11 is 0. The third-order valence-electron chi connectivity index (χ3n) is 2.85. The number of carbonyl (C=O) groups is 2. The summed E-state index contributed by atoms with van der Waals surface area (Å²) in [6.07, 6.45) is 3.90. The summed E-state index contributed by atoms with van der Waals surface area (Å²) in [4.78, 5) is 24.4. The van der Waals surface area contributed by atoms with Gasteiger partial charge >= 0.3 is 0 Å². The molecular weight excluding hydrogens is 168 g/mol. The van der Waals surface area contributed by atoms with Crippen molar-refractivity contribution in [3.05, 3.63) is 0 Å². The van der Waals surface area contributed by atoms with Crippen molar-refractivity contribution in [2.24, 2.45) is 0 Å². The molecule has 1 saturated heterocycles. The van der Waals surface area contributed by atoms with E-state index in [0.29, 0.717) is 19.0 Å². The molecule has 1 N–H and O–H groups in total. The SMILES string of the molecule is O=C1CCN(C2CCC2)C(=O)CN1. The Morgan fingerprint density at radius 1 is 1.31 bits per heavy atom. The van der Waals surface area contributed by atoms with Crippen LogP contribution in [0.25, 0.3) is 0 Å². The van der Waals surface area contributed by atoms with E-state index >= 15 is 0 Å². The number of nitrogens with one attached hydrogen (secondary N) is 1. The Labute approximate surface area is 77.3 Å². The lowest BCUT2D eigenvalue weighted by Gasteiger charge is -2.36. The zero-order chi connectivity index (χ0) is 9.26. The van der Waals surface area contributed by atoms with Crippen LogP contribution in [0.1, 0.15) is 25.7 Å². The molecule has 0 aromatic heterocycles. The highest BCUT2D eigenvalue weighted by Crippen LogP contribution is 2.25. The Balaban J connectivity index is 1.99. The number of rotatable bonds is 1. The lowest BCUT2D eigenvalue weighted by atomic mass is 9.91. The fraction of sp³-hybridized carbons (Fsp3) is 0.778. The van der Waals surface area contributed by atoms with Crippen molar-refractivity contribution in [2.45, 2.75) is 31.7 Å². The van der Waals surface area contributed by atoms with Crippen LogP contribution in [-0.2, 0) is 9.59 Å². The average molecular weight is 182 g/mol. The third kappa shape index (κ3) is 1.66. The number of nitrogens with zero attached hydrogens (tertiary/aromatic N) is 1. The van der Waals surface area contributed by atoms with Crippen LogP contribution in [0.2, 0.25) is 0 Å². The maximum absolute atomic E-state index is 11.5. The first-order valence-electron chi connectivity index (χ1n) is 4.83. The van der Waals surface area contributed by atoms with Gasteiger partial charge in [-0.05, 0) is 19.3 Å². The van der Waals surface area contributed by atoms with Gasteiger partial charge in [0.25, 0.3) is 0 Å². The molecule has 4 nitrogen and oxygen atoms in total. The molecule has 0 aromatic rings. The van der Waals surface area contributed by atoms with Gasteiger partial charge in [0.2, 0.25) is 11.8 Å². The molecule has 2 fully saturated rings. The summed E-state index contributed by atoms with van der Waals surface area (Å²) in [6.45, 7) is 0.796. The molecule has 0 unspecified atom stereocenters. The molecule has 0 bridgehead atoms. The lowest BCUT2D eigenvalue weighted by molar-refractivity contribution is -0.133. The van der Waals surface area contributed by atoms with Gasteiger partial charge < -0.3 is 10.2 Å². The van der Waals surface area contributed by atoms with Gasteiger partial charge in [-0.1, -0.05) is 0 Å². The number of carbonyl (C=O) groups excluding carboxylic acids is 2. The van der Waals surface area contributed by atoms with Crippen LogP contribution < -0.4 is 5.32 Å². The molecule has 1 aliphatic heterocycles. The van der Waals surface area contributed by atoms with Crippen LogP contribution in [0.3, 0.4) is 0 Å². The molecule has 1 heterocycles. The van der Waals surface area contributed by atoms with Gasteiger partial charge in [0, 0.05) is 19.0 Å². The van der Waals surface area contributed by atoms with Gasteiger partial charge in [-0.25, -0.2) is 0 Å². The predicted molar refractivity (Wildman–Crippen MR) is 47.0 cm³/mol. The van der Waals surface area contributed by atoms with Gasteiger partial charge in [0.1, 0.15) is 0 Å². The van der Waals surface area contributed by atoms with E-state index in [9.17, 15) is 9.59 Å². The van der Waals surface area contributed by atoms with Crippen molar-refractivity contribution >= 4 is 11.8 Å². The summed E-state index contributed by atoms with van der Waals surface area (Å²) in [5.74, 6) is 0.0747. The first-order chi connectivity index (χ1) is 6.27. The molecule has 4 heteroatoms. The fourth-order valence-electron chi connectivity index (χ4n) is 1.80. The van der Waals surface area contributed by atoms with Crippen molar-refractivity contribution in [3.63, 3.8) is 0 Å². The monoisotopic (exact) mass is 182 g/mol. The molecule has 0 aromatic carbocycles.